The number of benzene rings is 4. The lowest BCUT2D eigenvalue weighted by atomic mass is 9.85. The number of hydrogen-bond donors (Lipinski definition) is 3. The zero-order valence-electron chi connectivity index (χ0n) is 45.4. The molecule has 4 aromatic carbocycles. The first-order chi connectivity index (χ1) is 37.7. The Hall–Kier alpha value is -6.11. The van der Waals surface area contributed by atoms with E-state index >= 15 is 0 Å². The summed E-state index contributed by atoms with van der Waals surface area (Å²) in [4.78, 5) is 56.4. The highest BCUT2D eigenvalue weighted by Crippen LogP contribution is 2.40. The van der Waals surface area contributed by atoms with Crippen LogP contribution in [0.15, 0.2) is 90.0 Å². The Morgan fingerprint density at radius 1 is 0.795 bits per heavy atom. The number of hydrogen-bond acceptors (Lipinski definition) is 14. The standard InChI is InChI=1S/C60H74ClN9O7S/c1-5-76-54-33-47(40(4)32-51(54)64-60-62-34-49(61)57(66-60)63-50-13-6-7-15-55(50)78(74,75)39(2)3)44-24-26-69(27-25-44)45-11-8-10-41(20-21-45)35-67-28-30-68(31-29-67)36-42-16-18-43(19-17-42)38-77-53-14-9-12-46-48(53)37-70(59(46)73)52-22-23-56(71)65-58(52)72/h6-7,9,12-19,32-34,39,41,44-45,52H,5,8,10-11,20-31,35-38H2,1-4H3,(H,65,71,72)(H2,62,63,64,66)/t41?,45?,52-/m1/s1. The first kappa shape index (κ1) is 55.2. The molecule has 3 amide bonds. The van der Waals surface area contributed by atoms with E-state index in [2.05, 4.69) is 83.9 Å². The molecule has 1 aliphatic carbocycles. The van der Waals surface area contributed by atoms with Crippen LogP contribution in [0.3, 0.4) is 0 Å². The minimum Gasteiger partial charge on any atom is -0.492 e. The van der Waals surface area contributed by atoms with E-state index in [0.717, 1.165) is 87.1 Å². The molecule has 4 aliphatic heterocycles. The average Bonchev–Trinajstić information content (AvgIpc) is 3.75. The zero-order chi connectivity index (χ0) is 54.5. The van der Waals surface area contributed by atoms with Gasteiger partial charge in [0.05, 0.1) is 40.9 Å². The van der Waals surface area contributed by atoms with Crippen molar-refractivity contribution >= 4 is 62.3 Å². The van der Waals surface area contributed by atoms with Crippen LogP contribution in [0.2, 0.25) is 5.02 Å². The Bertz CT molecular complexity index is 3090. The molecule has 3 atom stereocenters. The van der Waals surface area contributed by atoms with Crippen LogP contribution in [-0.2, 0) is 39.1 Å². The highest BCUT2D eigenvalue weighted by Gasteiger charge is 2.40. The molecule has 0 spiro atoms. The number of rotatable bonds is 18. The average molecular weight is 1100 g/mol. The minimum atomic E-state index is -3.57. The van der Waals surface area contributed by atoms with Crippen LogP contribution in [0.4, 0.5) is 23.1 Å². The van der Waals surface area contributed by atoms with Gasteiger partial charge in [-0.3, -0.25) is 24.6 Å². The van der Waals surface area contributed by atoms with Gasteiger partial charge in [-0.2, -0.15) is 4.98 Å². The first-order valence-electron chi connectivity index (χ1n) is 28.0. The molecule has 0 bridgehead atoms. The Morgan fingerprint density at radius 2 is 1.55 bits per heavy atom. The van der Waals surface area contributed by atoms with Crippen LogP contribution in [0.25, 0.3) is 0 Å². The molecule has 18 heteroatoms. The van der Waals surface area contributed by atoms with Crippen LogP contribution in [0.5, 0.6) is 11.5 Å². The number of nitrogens with zero attached hydrogens (tertiary/aromatic N) is 6. The summed E-state index contributed by atoms with van der Waals surface area (Å²) in [6.07, 6.45) is 10.7. The number of nitrogens with one attached hydrogen (secondary N) is 3. The lowest BCUT2D eigenvalue weighted by Crippen LogP contribution is -2.52. The van der Waals surface area contributed by atoms with E-state index in [0.29, 0.717) is 60.4 Å². The van der Waals surface area contributed by atoms with Crippen molar-refractivity contribution in [1.29, 1.82) is 0 Å². The maximum absolute atomic E-state index is 13.3. The molecule has 3 saturated heterocycles. The second-order valence-corrected chi connectivity index (χ2v) is 25.0. The van der Waals surface area contributed by atoms with Gasteiger partial charge in [-0.05, 0) is 156 Å². The Labute approximate surface area is 464 Å². The van der Waals surface area contributed by atoms with Gasteiger partial charge in [-0.25, -0.2) is 13.4 Å². The predicted molar refractivity (Wildman–Crippen MR) is 304 cm³/mol. The van der Waals surface area contributed by atoms with E-state index in [9.17, 15) is 22.8 Å². The minimum absolute atomic E-state index is 0.184. The summed E-state index contributed by atoms with van der Waals surface area (Å²) in [5.74, 6) is 2.25. The summed E-state index contributed by atoms with van der Waals surface area (Å²) in [5.41, 5.74) is 7.32. The third-order valence-corrected chi connectivity index (χ3v) is 19.1. The fourth-order valence-electron chi connectivity index (χ4n) is 12.2. The van der Waals surface area contributed by atoms with Crippen molar-refractivity contribution in [2.75, 3.05) is 63.1 Å². The van der Waals surface area contributed by atoms with Gasteiger partial charge in [0.15, 0.2) is 15.7 Å². The van der Waals surface area contributed by atoms with E-state index in [1.54, 1.807) is 49.1 Å². The van der Waals surface area contributed by atoms with Crippen molar-refractivity contribution in [3.05, 3.63) is 123 Å². The quantitative estimate of drug-likeness (QED) is 0.0558. The molecule has 5 heterocycles. The van der Waals surface area contributed by atoms with E-state index in [-0.39, 0.29) is 34.7 Å². The van der Waals surface area contributed by atoms with Crippen molar-refractivity contribution in [3.63, 3.8) is 0 Å². The summed E-state index contributed by atoms with van der Waals surface area (Å²) in [7, 11) is -3.57. The second-order valence-electron chi connectivity index (χ2n) is 22.1. The number of aryl methyl sites for hydroxylation is 1. The van der Waals surface area contributed by atoms with E-state index in [4.69, 9.17) is 21.1 Å². The summed E-state index contributed by atoms with van der Waals surface area (Å²) in [5, 5.41) is 8.55. The topological polar surface area (TPSA) is 179 Å². The second kappa shape index (κ2) is 24.5. The molecule has 10 rings (SSSR count). The number of imide groups is 1. The van der Waals surface area contributed by atoms with Crippen LogP contribution in [-0.4, -0.2) is 125 Å². The van der Waals surface area contributed by atoms with E-state index in [1.807, 2.05) is 19.1 Å². The number of likely N-dealkylation sites (tertiary alicyclic amines) is 1. The summed E-state index contributed by atoms with van der Waals surface area (Å²) in [6.45, 7) is 17.3. The van der Waals surface area contributed by atoms with Gasteiger partial charge in [0.2, 0.25) is 17.8 Å². The first-order valence-corrected chi connectivity index (χ1v) is 30.0. The summed E-state index contributed by atoms with van der Waals surface area (Å²) < 4.78 is 38.8. The summed E-state index contributed by atoms with van der Waals surface area (Å²) >= 11 is 6.56. The molecule has 2 unspecified atom stereocenters. The Kier molecular flexibility index (Phi) is 17.3. The zero-order valence-corrected chi connectivity index (χ0v) is 47.0. The third-order valence-electron chi connectivity index (χ3n) is 16.6. The van der Waals surface area contributed by atoms with Crippen LogP contribution < -0.4 is 25.4 Å². The van der Waals surface area contributed by atoms with Gasteiger partial charge >= 0.3 is 0 Å². The number of fused-ring (bicyclic) bond motifs is 1. The number of piperidine rings is 2. The highest BCUT2D eigenvalue weighted by atomic mass is 35.5. The van der Waals surface area contributed by atoms with Gasteiger partial charge in [0.25, 0.3) is 5.91 Å². The Balaban J connectivity index is 0.659. The highest BCUT2D eigenvalue weighted by molar-refractivity contribution is 7.92. The number of anilines is 4. The number of amides is 3. The molecule has 0 radical (unpaired) electrons. The fourth-order valence-corrected chi connectivity index (χ4v) is 13.5. The van der Waals surface area contributed by atoms with Gasteiger partial charge in [0.1, 0.15) is 29.2 Å². The smallest absolute Gasteiger partial charge is 0.255 e. The lowest BCUT2D eigenvalue weighted by Gasteiger charge is -2.38. The molecule has 5 aromatic rings. The molecule has 414 valence electrons. The fraction of sp³-hybridized carbons (Fsp3) is 0.483. The number of piperazine rings is 1. The molecule has 3 N–H and O–H groups in total. The van der Waals surface area contributed by atoms with Gasteiger partial charge in [0, 0.05) is 62.9 Å². The monoisotopic (exact) mass is 1100 g/mol. The van der Waals surface area contributed by atoms with Gasteiger partial charge in [-0.1, -0.05) is 60.5 Å². The molecule has 4 fully saturated rings. The summed E-state index contributed by atoms with van der Waals surface area (Å²) in [6, 6.07) is 25.2. The van der Waals surface area contributed by atoms with Crippen LogP contribution in [0, 0.1) is 12.8 Å². The number of carbonyl (C=O) groups excluding carboxylic acids is 3. The number of para-hydroxylation sites is 1. The molecule has 1 saturated carbocycles. The van der Waals surface area contributed by atoms with Gasteiger partial charge in [-0.15, -0.1) is 0 Å². The third kappa shape index (κ3) is 12.7. The van der Waals surface area contributed by atoms with Crippen LogP contribution in [0.1, 0.15) is 123 Å². The number of sulfone groups is 1. The Morgan fingerprint density at radius 3 is 2.31 bits per heavy atom. The lowest BCUT2D eigenvalue weighted by molar-refractivity contribution is -0.136. The van der Waals surface area contributed by atoms with Crippen molar-refractivity contribution in [1.82, 2.24) is 34.9 Å². The largest absolute Gasteiger partial charge is 0.492 e. The SMILES string of the molecule is CCOc1cc(C2CCN(C3CCCC(CN4CCN(Cc5ccc(COc6cccc7c6CN([C@@H]6CCC(=O)NC6=O)C7=O)cc5)CC4)CC3)CC2)c(C)cc1Nc1ncc(Cl)c(Nc2ccccc2S(=O)(=O)C(C)C)n1. The van der Waals surface area contributed by atoms with Gasteiger partial charge < -0.3 is 34.8 Å². The number of ether oxygens (including phenoxy) is 2. The van der Waals surface area contributed by atoms with Crippen molar-refractivity contribution in [2.24, 2.45) is 5.92 Å². The number of carbonyl (C=O) groups is 3. The maximum Gasteiger partial charge on any atom is 0.255 e. The molecular weight excluding hydrogens is 1030 g/mol. The maximum atomic E-state index is 13.3. The molecule has 5 aliphatic rings. The molecule has 16 nitrogen and oxygen atoms in total. The molecule has 1 aromatic heterocycles. The van der Waals surface area contributed by atoms with Crippen LogP contribution >= 0.6 is 11.6 Å². The van der Waals surface area contributed by atoms with Crippen molar-refractivity contribution in [2.45, 2.75) is 133 Å². The van der Waals surface area contributed by atoms with Crippen molar-refractivity contribution in [3.8, 4) is 11.5 Å². The number of halogens is 1. The molecular formula is C60H74ClN9O7S. The van der Waals surface area contributed by atoms with Crippen molar-refractivity contribution < 1.29 is 32.3 Å². The molecule has 78 heavy (non-hydrogen) atoms. The van der Waals surface area contributed by atoms with E-state index in [1.165, 1.54) is 61.5 Å². The normalized spacial score (nSPS) is 21.1. The van der Waals surface area contributed by atoms with E-state index < -0.39 is 27.0 Å². The number of aromatic nitrogens is 2. The predicted octanol–water partition coefficient (Wildman–Crippen LogP) is 9.79.